The predicted molar refractivity (Wildman–Crippen MR) is 100 cm³/mol. The maximum absolute atomic E-state index is 12.4. The van der Waals surface area contributed by atoms with Crippen LogP contribution in [0.2, 0.25) is 0 Å². The van der Waals surface area contributed by atoms with Crippen LogP contribution < -0.4 is 4.72 Å². The molecular formula is C19H14ClNO2S. The summed E-state index contributed by atoms with van der Waals surface area (Å²) >= 11 is 5.26. The molecule has 0 saturated carbocycles. The van der Waals surface area contributed by atoms with Crippen molar-refractivity contribution in [2.45, 2.75) is 4.90 Å². The number of allylic oxidation sites excluding steroid dienone is 1. The number of benzene rings is 3. The summed E-state index contributed by atoms with van der Waals surface area (Å²) in [6.07, 6.45) is 2.89. The Hall–Kier alpha value is -2.43. The van der Waals surface area contributed by atoms with Crippen molar-refractivity contribution in [1.82, 2.24) is 0 Å². The van der Waals surface area contributed by atoms with Gasteiger partial charge in [0.05, 0.1) is 4.90 Å². The van der Waals surface area contributed by atoms with Gasteiger partial charge >= 0.3 is 0 Å². The van der Waals surface area contributed by atoms with E-state index in [9.17, 15) is 9.00 Å². The lowest BCUT2D eigenvalue weighted by Gasteiger charge is -2.07. The molecule has 3 aromatic rings. The number of anilines is 1. The summed E-state index contributed by atoms with van der Waals surface area (Å²) in [5.74, 6) is 0. The Labute approximate surface area is 147 Å². The van der Waals surface area contributed by atoms with Crippen molar-refractivity contribution in [3.05, 3.63) is 78.4 Å². The Kier molecular flexibility index (Phi) is 5.08. The van der Waals surface area contributed by atoms with E-state index in [1.807, 2.05) is 42.5 Å². The summed E-state index contributed by atoms with van der Waals surface area (Å²) in [5.41, 5.74) is 1.61. The second-order valence-electron chi connectivity index (χ2n) is 5.14. The zero-order chi connectivity index (χ0) is 16.9. The first kappa shape index (κ1) is 16.4. The van der Waals surface area contributed by atoms with Crippen molar-refractivity contribution >= 4 is 50.4 Å². The maximum atomic E-state index is 12.4. The lowest BCUT2D eigenvalue weighted by atomic mass is 10.1. The zero-order valence-electron chi connectivity index (χ0n) is 12.6. The molecule has 0 fully saturated rings. The number of nitrogens with one attached hydrogen (secondary N) is 1. The molecule has 1 atom stereocenters. The molecule has 0 aromatic heterocycles. The third-order valence-corrected chi connectivity index (χ3v) is 4.71. The van der Waals surface area contributed by atoms with Crippen molar-refractivity contribution in [3.63, 3.8) is 0 Å². The van der Waals surface area contributed by atoms with Crippen LogP contribution >= 0.6 is 11.6 Å². The molecule has 0 aliphatic carbocycles. The number of rotatable bonds is 5. The SMILES string of the molecule is O=C(Cl)/C=C/c1ccc(S(=O)Nc2ccc3ccccc3c2)cc1. The number of carbonyl (C=O) groups excluding carboxylic acids is 1. The number of carbonyl (C=O) groups is 1. The molecule has 3 aromatic carbocycles. The van der Waals surface area contributed by atoms with Crippen LogP contribution in [0.3, 0.4) is 0 Å². The highest BCUT2D eigenvalue weighted by Crippen LogP contribution is 2.20. The Morgan fingerprint density at radius 2 is 1.67 bits per heavy atom. The zero-order valence-corrected chi connectivity index (χ0v) is 14.2. The molecule has 120 valence electrons. The van der Waals surface area contributed by atoms with E-state index in [-0.39, 0.29) is 0 Å². The highest BCUT2D eigenvalue weighted by atomic mass is 35.5. The smallest absolute Gasteiger partial charge is 0.245 e. The van der Waals surface area contributed by atoms with Crippen molar-refractivity contribution in [2.24, 2.45) is 0 Å². The Morgan fingerprint density at radius 3 is 2.38 bits per heavy atom. The van der Waals surface area contributed by atoms with Crippen molar-refractivity contribution in [2.75, 3.05) is 4.72 Å². The predicted octanol–water partition coefficient (Wildman–Crippen LogP) is 4.75. The average molecular weight is 356 g/mol. The summed E-state index contributed by atoms with van der Waals surface area (Å²) in [6, 6.07) is 21.0. The number of hydrogen-bond acceptors (Lipinski definition) is 2. The molecule has 0 aliphatic heterocycles. The highest BCUT2D eigenvalue weighted by Gasteiger charge is 2.04. The summed E-state index contributed by atoms with van der Waals surface area (Å²) in [5, 5.41) is 1.70. The van der Waals surface area contributed by atoms with E-state index in [1.165, 1.54) is 6.08 Å². The first-order chi connectivity index (χ1) is 11.6. The van der Waals surface area contributed by atoms with Gasteiger partial charge in [-0.25, -0.2) is 4.21 Å². The second-order valence-corrected chi connectivity index (χ2v) is 6.72. The van der Waals surface area contributed by atoms with Gasteiger partial charge in [0.2, 0.25) is 5.24 Å². The van der Waals surface area contributed by atoms with Gasteiger partial charge < -0.3 is 4.72 Å². The highest BCUT2D eigenvalue weighted by molar-refractivity contribution is 7.86. The van der Waals surface area contributed by atoms with E-state index < -0.39 is 16.2 Å². The molecule has 5 heteroatoms. The van der Waals surface area contributed by atoms with Gasteiger partial charge in [-0.15, -0.1) is 0 Å². The van der Waals surface area contributed by atoms with Gasteiger partial charge in [0.1, 0.15) is 11.0 Å². The maximum Gasteiger partial charge on any atom is 0.245 e. The standard InChI is InChI=1S/C19H14ClNO2S/c20-19(22)12-7-14-5-10-18(11-6-14)24(23)21-17-9-8-15-3-1-2-4-16(15)13-17/h1-13,21H/b12-7+. The van der Waals surface area contributed by atoms with Crippen LogP contribution in [0.15, 0.2) is 77.7 Å². The van der Waals surface area contributed by atoms with Crippen LogP contribution in [-0.4, -0.2) is 9.45 Å². The first-order valence-electron chi connectivity index (χ1n) is 7.27. The second kappa shape index (κ2) is 7.43. The monoisotopic (exact) mass is 355 g/mol. The molecule has 0 amide bonds. The molecule has 1 N–H and O–H groups in total. The summed E-state index contributed by atoms with van der Waals surface area (Å²) in [6.45, 7) is 0. The molecule has 0 spiro atoms. The molecule has 0 heterocycles. The first-order valence-corrected chi connectivity index (χ1v) is 8.79. The fraction of sp³-hybridized carbons (Fsp3) is 0. The summed E-state index contributed by atoms with van der Waals surface area (Å²) < 4.78 is 15.4. The molecule has 24 heavy (non-hydrogen) atoms. The molecule has 0 radical (unpaired) electrons. The third kappa shape index (κ3) is 4.10. The lowest BCUT2D eigenvalue weighted by molar-refractivity contribution is -0.107. The largest absolute Gasteiger partial charge is 0.301 e. The Bertz CT molecular complexity index is 936. The minimum Gasteiger partial charge on any atom is -0.301 e. The molecule has 1 unspecified atom stereocenters. The molecule has 3 nitrogen and oxygen atoms in total. The normalized spacial score (nSPS) is 12.4. The quantitative estimate of drug-likeness (QED) is 0.530. The topological polar surface area (TPSA) is 46.2 Å². The number of halogens is 1. The minimum atomic E-state index is -1.37. The van der Waals surface area contributed by atoms with E-state index in [1.54, 1.807) is 30.3 Å². The van der Waals surface area contributed by atoms with E-state index >= 15 is 0 Å². The van der Waals surface area contributed by atoms with Gasteiger partial charge in [-0.1, -0.05) is 48.5 Å². The average Bonchev–Trinajstić information content (AvgIpc) is 2.60. The fourth-order valence-corrected chi connectivity index (χ4v) is 3.19. The van der Waals surface area contributed by atoms with Crippen LogP contribution in [0.4, 0.5) is 5.69 Å². The lowest BCUT2D eigenvalue weighted by Crippen LogP contribution is -2.04. The van der Waals surface area contributed by atoms with Gasteiger partial charge in [0.25, 0.3) is 0 Å². The molecule has 0 bridgehead atoms. The molecule has 0 saturated heterocycles. The van der Waals surface area contributed by atoms with Crippen molar-refractivity contribution in [1.29, 1.82) is 0 Å². The van der Waals surface area contributed by atoms with Crippen LogP contribution in [0.1, 0.15) is 5.56 Å². The van der Waals surface area contributed by atoms with Gasteiger partial charge in [-0.05, 0) is 58.3 Å². The minimum absolute atomic E-state index is 0.527. The Morgan fingerprint density at radius 1 is 0.958 bits per heavy atom. The van der Waals surface area contributed by atoms with Gasteiger partial charge in [-0.2, -0.15) is 0 Å². The van der Waals surface area contributed by atoms with Gasteiger partial charge in [0.15, 0.2) is 0 Å². The van der Waals surface area contributed by atoms with E-state index in [2.05, 4.69) is 4.72 Å². The van der Waals surface area contributed by atoms with E-state index in [4.69, 9.17) is 11.6 Å². The van der Waals surface area contributed by atoms with Crippen LogP contribution in [0.25, 0.3) is 16.8 Å². The van der Waals surface area contributed by atoms with E-state index in [0.717, 1.165) is 22.0 Å². The molecule has 0 aliphatic rings. The Balaban J connectivity index is 1.74. The van der Waals surface area contributed by atoms with Gasteiger partial charge in [-0.3, -0.25) is 4.79 Å². The van der Waals surface area contributed by atoms with Gasteiger partial charge in [0, 0.05) is 5.69 Å². The molecular weight excluding hydrogens is 342 g/mol. The fourth-order valence-electron chi connectivity index (χ4n) is 2.28. The number of hydrogen-bond donors (Lipinski definition) is 1. The van der Waals surface area contributed by atoms with Crippen molar-refractivity contribution in [3.8, 4) is 0 Å². The van der Waals surface area contributed by atoms with Crippen LogP contribution in [-0.2, 0) is 15.8 Å². The summed E-state index contributed by atoms with van der Waals surface area (Å²) in [7, 11) is -1.37. The van der Waals surface area contributed by atoms with Crippen LogP contribution in [0, 0.1) is 0 Å². The van der Waals surface area contributed by atoms with E-state index in [0.29, 0.717) is 4.90 Å². The van der Waals surface area contributed by atoms with Crippen molar-refractivity contribution < 1.29 is 9.00 Å². The number of fused-ring (bicyclic) bond motifs is 1. The summed E-state index contributed by atoms with van der Waals surface area (Å²) in [4.78, 5) is 11.4. The van der Waals surface area contributed by atoms with Crippen LogP contribution in [0.5, 0.6) is 0 Å². The third-order valence-electron chi connectivity index (χ3n) is 3.46. The molecule has 3 rings (SSSR count).